The van der Waals surface area contributed by atoms with Gasteiger partial charge < -0.3 is 19.4 Å². The Bertz CT molecular complexity index is 1040. The van der Waals surface area contributed by atoms with Crippen molar-refractivity contribution in [2.24, 2.45) is 0 Å². The quantitative estimate of drug-likeness (QED) is 0.615. The summed E-state index contributed by atoms with van der Waals surface area (Å²) in [6, 6.07) is 13.8. The lowest BCUT2D eigenvalue weighted by molar-refractivity contribution is 0.414. The summed E-state index contributed by atoms with van der Waals surface area (Å²) in [6.07, 6.45) is 1.79. The maximum Gasteiger partial charge on any atom is 0.149 e. The summed E-state index contributed by atoms with van der Waals surface area (Å²) >= 11 is 0. The van der Waals surface area contributed by atoms with E-state index in [4.69, 9.17) is 9.47 Å². The number of fused-ring (bicyclic) bond motifs is 1. The van der Waals surface area contributed by atoms with Gasteiger partial charge in [0.25, 0.3) is 0 Å². The van der Waals surface area contributed by atoms with Gasteiger partial charge in [0.05, 0.1) is 30.8 Å². The molecular formula is C22H24N4O2. The van der Waals surface area contributed by atoms with Gasteiger partial charge in [-0.2, -0.15) is 5.26 Å². The summed E-state index contributed by atoms with van der Waals surface area (Å²) in [7, 11) is 3.26. The van der Waals surface area contributed by atoms with Crippen LogP contribution in [0.15, 0.2) is 36.4 Å². The summed E-state index contributed by atoms with van der Waals surface area (Å²) < 4.78 is 10.8. The highest BCUT2D eigenvalue weighted by molar-refractivity contribution is 5.91. The second-order valence-corrected chi connectivity index (χ2v) is 6.24. The highest BCUT2D eigenvalue weighted by atomic mass is 16.5. The van der Waals surface area contributed by atoms with Gasteiger partial charge in [0.2, 0.25) is 0 Å². The van der Waals surface area contributed by atoms with Gasteiger partial charge >= 0.3 is 0 Å². The molecule has 3 rings (SSSR count). The molecule has 0 saturated carbocycles. The second-order valence-electron chi connectivity index (χ2n) is 6.24. The first-order chi connectivity index (χ1) is 13.6. The Labute approximate surface area is 165 Å². The van der Waals surface area contributed by atoms with Crippen LogP contribution in [0.3, 0.4) is 0 Å². The van der Waals surface area contributed by atoms with Gasteiger partial charge in [-0.15, -0.1) is 0 Å². The molecule has 0 aliphatic rings. The molecule has 1 heterocycles. The van der Waals surface area contributed by atoms with E-state index in [2.05, 4.69) is 34.8 Å². The van der Waals surface area contributed by atoms with Gasteiger partial charge in [-0.3, -0.25) is 0 Å². The van der Waals surface area contributed by atoms with Crippen molar-refractivity contribution < 1.29 is 9.47 Å². The topological polar surface area (TPSA) is 74.2 Å². The van der Waals surface area contributed by atoms with Gasteiger partial charge in [0.15, 0.2) is 0 Å². The number of imidazole rings is 1. The molecule has 1 N–H and O–H groups in total. The smallest absolute Gasteiger partial charge is 0.149 e. The van der Waals surface area contributed by atoms with Gasteiger partial charge in [-0.1, -0.05) is 0 Å². The normalized spacial score (nSPS) is 11.3. The molecule has 0 amide bonds. The zero-order valence-electron chi connectivity index (χ0n) is 16.6. The van der Waals surface area contributed by atoms with E-state index in [0.29, 0.717) is 11.4 Å². The van der Waals surface area contributed by atoms with Crippen LogP contribution in [0.2, 0.25) is 0 Å². The van der Waals surface area contributed by atoms with Crippen molar-refractivity contribution >= 4 is 28.4 Å². The molecular weight excluding hydrogens is 352 g/mol. The fourth-order valence-corrected chi connectivity index (χ4v) is 3.16. The van der Waals surface area contributed by atoms with Crippen molar-refractivity contribution in [1.29, 1.82) is 5.26 Å². The number of methoxy groups -OCH3 is 2. The number of aromatic nitrogens is 2. The molecule has 0 fully saturated rings. The molecule has 6 nitrogen and oxygen atoms in total. The number of nitriles is 1. The van der Waals surface area contributed by atoms with Crippen molar-refractivity contribution in [3.05, 3.63) is 47.8 Å². The Balaban J connectivity index is 2.02. The molecule has 0 unspecified atom stereocenters. The van der Waals surface area contributed by atoms with Gasteiger partial charge in [-0.25, -0.2) is 4.98 Å². The van der Waals surface area contributed by atoms with Crippen molar-refractivity contribution in [2.45, 2.75) is 13.8 Å². The Morgan fingerprint density at radius 1 is 1.14 bits per heavy atom. The summed E-state index contributed by atoms with van der Waals surface area (Å²) in [5.74, 6) is 1.97. The minimum Gasteiger partial charge on any atom is -0.497 e. The molecule has 3 aromatic rings. The van der Waals surface area contributed by atoms with Crippen LogP contribution < -0.4 is 14.4 Å². The zero-order valence-corrected chi connectivity index (χ0v) is 16.6. The van der Waals surface area contributed by atoms with Gasteiger partial charge in [0, 0.05) is 36.5 Å². The Morgan fingerprint density at radius 3 is 2.57 bits per heavy atom. The van der Waals surface area contributed by atoms with E-state index in [1.807, 2.05) is 36.4 Å². The molecule has 144 valence electrons. The standard InChI is InChI=1S/C22H24N4O2/c1-5-26(6-2)17-8-7-15(21(12-17)28-4)11-16(14-23)22-24-19-10-9-18(27-3)13-20(19)25-22/h7-13H,5-6H2,1-4H3,(H,24,25). The van der Waals surface area contributed by atoms with Crippen LogP contribution in [0.4, 0.5) is 5.69 Å². The highest BCUT2D eigenvalue weighted by Gasteiger charge is 2.12. The maximum absolute atomic E-state index is 9.70. The average Bonchev–Trinajstić information content (AvgIpc) is 3.16. The summed E-state index contributed by atoms with van der Waals surface area (Å²) in [5.41, 5.74) is 3.95. The van der Waals surface area contributed by atoms with Crippen molar-refractivity contribution in [2.75, 3.05) is 32.2 Å². The first-order valence-electron chi connectivity index (χ1n) is 9.22. The Morgan fingerprint density at radius 2 is 1.93 bits per heavy atom. The third-order valence-corrected chi connectivity index (χ3v) is 4.71. The fraction of sp³-hybridized carbons (Fsp3) is 0.273. The number of rotatable bonds is 7. The molecule has 28 heavy (non-hydrogen) atoms. The molecule has 6 heteroatoms. The molecule has 0 aliphatic heterocycles. The SMILES string of the molecule is CCN(CC)c1ccc(C=C(C#N)c2nc3ccc(OC)cc3[nH]2)c(OC)c1. The highest BCUT2D eigenvalue weighted by Crippen LogP contribution is 2.29. The van der Waals surface area contributed by atoms with Gasteiger partial charge in [-0.05, 0) is 44.2 Å². The van der Waals surface area contributed by atoms with E-state index in [-0.39, 0.29) is 0 Å². The van der Waals surface area contributed by atoms with Crippen LogP contribution in [0, 0.1) is 11.3 Å². The van der Waals surface area contributed by atoms with Crippen molar-refractivity contribution in [1.82, 2.24) is 9.97 Å². The third kappa shape index (κ3) is 3.79. The van der Waals surface area contributed by atoms with Crippen molar-refractivity contribution in [3.63, 3.8) is 0 Å². The number of benzene rings is 2. The monoisotopic (exact) mass is 376 g/mol. The fourth-order valence-electron chi connectivity index (χ4n) is 3.16. The summed E-state index contributed by atoms with van der Waals surface area (Å²) in [5, 5.41) is 9.70. The average molecular weight is 376 g/mol. The molecule has 2 aromatic carbocycles. The van der Waals surface area contributed by atoms with E-state index < -0.39 is 0 Å². The molecule has 1 aromatic heterocycles. The zero-order chi connectivity index (χ0) is 20.1. The largest absolute Gasteiger partial charge is 0.497 e. The number of nitrogens with zero attached hydrogens (tertiary/aromatic N) is 3. The number of hydrogen-bond donors (Lipinski definition) is 1. The van der Waals surface area contributed by atoms with Crippen LogP contribution in [0.5, 0.6) is 11.5 Å². The van der Waals surface area contributed by atoms with Crippen LogP contribution in [0.25, 0.3) is 22.7 Å². The Hall–Kier alpha value is -3.46. The number of hydrogen-bond acceptors (Lipinski definition) is 5. The molecule has 0 spiro atoms. The lowest BCUT2D eigenvalue weighted by atomic mass is 10.1. The Kier molecular flexibility index (Phi) is 5.85. The number of allylic oxidation sites excluding steroid dienone is 1. The number of aromatic amines is 1. The van der Waals surface area contributed by atoms with E-state index in [0.717, 1.165) is 46.9 Å². The number of anilines is 1. The first kappa shape index (κ1) is 19.3. The third-order valence-electron chi connectivity index (χ3n) is 4.71. The number of ether oxygens (including phenoxy) is 2. The lowest BCUT2D eigenvalue weighted by Crippen LogP contribution is -2.21. The van der Waals surface area contributed by atoms with E-state index in [1.54, 1.807) is 20.3 Å². The van der Waals surface area contributed by atoms with E-state index in [9.17, 15) is 5.26 Å². The molecule has 0 atom stereocenters. The second kappa shape index (κ2) is 8.49. The van der Waals surface area contributed by atoms with Crippen LogP contribution in [0.1, 0.15) is 25.2 Å². The lowest BCUT2D eigenvalue weighted by Gasteiger charge is -2.22. The number of H-pyrrole nitrogens is 1. The van der Waals surface area contributed by atoms with Crippen LogP contribution >= 0.6 is 0 Å². The van der Waals surface area contributed by atoms with Crippen LogP contribution in [-0.2, 0) is 0 Å². The minimum absolute atomic E-state index is 0.434. The minimum atomic E-state index is 0.434. The van der Waals surface area contributed by atoms with E-state index >= 15 is 0 Å². The predicted molar refractivity (Wildman–Crippen MR) is 113 cm³/mol. The maximum atomic E-state index is 9.70. The summed E-state index contributed by atoms with van der Waals surface area (Å²) in [4.78, 5) is 9.97. The molecule has 0 bridgehead atoms. The molecule has 0 aliphatic carbocycles. The predicted octanol–water partition coefficient (Wildman–Crippen LogP) is 4.49. The first-order valence-corrected chi connectivity index (χ1v) is 9.22. The van der Waals surface area contributed by atoms with Gasteiger partial charge in [0.1, 0.15) is 23.4 Å². The number of nitrogens with one attached hydrogen (secondary N) is 1. The van der Waals surface area contributed by atoms with Crippen molar-refractivity contribution in [3.8, 4) is 17.6 Å². The molecule has 0 radical (unpaired) electrons. The summed E-state index contributed by atoms with van der Waals surface area (Å²) in [6.45, 7) is 6.07. The van der Waals surface area contributed by atoms with E-state index in [1.165, 1.54) is 0 Å². The molecule has 0 saturated heterocycles. The van der Waals surface area contributed by atoms with Crippen LogP contribution in [-0.4, -0.2) is 37.3 Å².